The minimum absolute atomic E-state index is 0.0971. The van der Waals surface area contributed by atoms with Crippen LogP contribution in [0.1, 0.15) is 4.88 Å². The zero-order chi connectivity index (χ0) is 8.27. The lowest BCUT2D eigenvalue weighted by Gasteiger charge is -1.79. The Morgan fingerprint density at radius 1 is 1.73 bits per heavy atom. The van der Waals surface area contributed by atoms with E-state index >= 15 is 0 Å². The number of nitrogens with zero attached hydrogens (tertiary/aromatic N) is 2. The van der Waals surface area contributed by atoms with Crippen LogP contribution in [-0.2, 0) is 0 Å². The second-order valence-electron chi connectivity index (χ2n) is 1.71. The molecular weight excluding hydrogens is 166 g/mol. The monoisotopic (exact) mass is 171 g/mol. The lowest BCUT2D eigenvalue weighted by molar-refractivity contribution is -0.380. The highest BCUT2D eigenvalue weighted by atomic mass is 32.1. The van der Waals surface area contributed by atoms with Gasteiger partial charge in [-0.25, -0.2) is 0 Å². The van der Waals surface area contributed by atoms with Gasteiger partial charge in [-0.15, -0.1) is 0 Å². The van der Waals surface area contributed by atoms with Crippen molar-refractivity contribution >= 4 is 22.6 Å². The number of hydrogen-bond acceptors (Lipinski definition) is 5. The van der Waals surface area contributed by atoms with Crippen LogP contribution in [0.4, 0.5) is 5.00 Å². The van der Waals surface area contributed by atoms with E-state index in [2.05, 4.69) is 5.10 Å². The quantitative estimate of drug-likeness (QED) is 0.311. The predicted octanol–water partition coefficient (Wildman–Crippen LogP) is 0.949. The van der Waals surface area contributed by atoms with Crippen molar-refractivity contribution < 1.29 is 4.92 Å². The minimum atomic E-state index is -0.446. The minimum Gasteiger partial charge on any atom is -0.323 e. The fraction of sp³-hybridized carbons (Fsp3) is 0. The molecule has 1 aromatic rings. The number of hydrazone groups is 1. The number of rotatable bonds is 2. The Morgan fingerprint density at radius 2 is 2.45 bits per heavy atom. The Hall–Kier alpha value is -1.43. The van der Waals surface area contributed by atoms with Gasteiger partial charge >= 0.3 is 5.00 Å². The summed E-state index contributed by atoms with van der Waals surface area (Å²) in [6, 6.07) is 3.01. The normalized spacial score (nSPS) is 10.5. The van der Waals surface area contributed by atoms with Gasteiger partial charge in [-0.2, -0.15) is 5.10 Å². The standard InChI is InChI=1S/C5H5N3O2S/c6-7-3-4-1-2-5(11-4)8(9)10/h1-3H,6H2. The molecule has 1 heterocycles. The van der Waals surface area contributed by atoms with Crippen molar-refractivity contribution in [2.75, 3.05) is 0 Å². The van der Waals surface area contributed by atoms with Gasteiger partial charge in [0.05, 0.1) is 16.0 Å². The summed E-state index contributed by atoms with van der Waals surface area (Å²) in [4.78, 5) is 10.4. The van der Waals surface area contributed by atoms with E-state index in [0.29, 0.717) is 4.88 Å². The second-order valence-corrected chi connectivity index (χ2v) is 2.81. The average molecular weight is 171 g/mol. The lowest BCUT2D eigenvalue weighted by Crippen LogP contribution is -1.82. The summed E-state index contributed by atoms with van der Waals surface area (Å²) < 4.78 is 0. The van der Waals surface area contributed by atoms with Crippen LogP contribution in [0.2, 0.25) is 0 Å². The molecule has 1 rings (SSSR count). The van der Waals surface area contributed by atoms with E-state index in [1.54, 1.807) is 6.07 Å². The van der Waals surface area contributed by atoms with Crippen molar-refractivity contribution in [2.45, 2.75) is 0 Å². The fourth-order valence-electron chi connectivity index (χ4n) is 0.583. The van der Waals surface area contributed by atoms with E-state index < -0.39 is 4.92 Å². The summed E-state index contributed by atoms with van der Waals surface area (Å²) in [7, 11) is 0. The Bertz CT molecular complexity index is 294. The van der Waals surface area contributed by atoms with Crippen molar-refractivity contribution in [3.8, 4) is 0 Å². The molecular formula is C5H5N3O2S. The molecule has 0 aliphatic rings. The van der Waals surface area contributed by atoms with E-state index in [9.17, 15) is 10.1 Å². The zero-order valence-corrected chi connectivity index (χ0v) is 6.25. The first-order chi connectivity index (χ1) is 5.24. The summed E-state index contributed by atoms with van der Waals surface area (Å²) in [6.07, 6.45) is 1.37. The number of nitrogens with two attached hydrogens (primary N) is 1. The molecule has 0 atom stereocenters. The molecule has 0 fully saturated rings. The first kappa shape index (κ1) is 7.67. The van der Waals surface area contributed by atoms with Crippen LogP contribution in [0.3, 0.4) is 0 Å². The topological polar surface area (TPSA) is 81.5 Å². The summed E-state index contributed by atoms with van der Waals surface area (Å²) in [5, 5.41) is 13.5. The molecule has 0 unspecified atom stereocenters. The largest absolute Gasteiger partial charge is 0.324 e. The number of hydrogen-bond donors (Lipinski definition) is 1. The molecule has 2 N–H and O–H groups in total. The van der Waals surface area contributed by atoms with Crippen LogP contribution in [0, 0.1) is 10.1 Å². The van der Waals surface area contributed by atoms with Gasteiger partial charge < -0.3 is 5.84 Å². The van der Waals surface area contributed by atoms with Gasteiger partial charge in [0.15, 0.2) is 0 Å². The summed E-state index contributed by atoms with van der Waals surface area (Å²) in [6.45, 7) is 0. The maximum atomic E-state index is 10.2. The summed E-state index contributed by atoms with van der Waals surface area (Å²) >= 11 is 1.04. The Labute approximate surface area is 66.3 Å². The summed E-state index contributed by atoms with van der Waals surface area (Å²) in [5.41, 5.74) is 0. The van der Waals surface area contributed by atoms with Gasteiger partial charge in [-0.3, -0.25) is 10.1 Å². The molecule has 58 valence electrons. The molecule has 0 saturated heterocycles. The predicted molar refractivity (Wildman–Crippen MR) is 42.8 cm³/mol. The van der Waals surface area contributed by atoms with Gasteiger partial charge in [-0.05, 0) is 6.07 Å². The highest BCUT2D eigenvalue weighted by molar-refractivity contribution is 7.16. The maximum absolute atomic E-state index is 10.2. The van der Waals surface area contributed by atoms with E-state index in [0.717, 1.165) is 11.3 Å². The van der Waals surface area contributed by atoms with Crippen molar-refractivity contribution in [2.24, 2.45) is 10.9 Å². The molecule has 0 amide bonds. The second kappa shape index (κ2) is 3.11. The van der Waals surface area contributed by atoms with Crippen LogP contribution < -0.4 is 5.84 Å². The van der Waals surface area contributed by atoms with Crippen LogP contribution >= 0.6 is 11.3 Å². The molecule has 0 saturated carbocycles. The number of nitro groups is 1. The van der Waals surface area contributed by atoms with E-state index in [4.69, 9.17) is 5.84 Å². The highest BCUT2D eigenvalue weighted by Gasteiger charge is 2.07. The van der Waals surface area contributed by atoms with Gasteiger partial charge in [-0.1, -0.05) is 11.3 Å². The van der Waals surface area contributed by atoms with Crippen LogP contribution in [0.25, 0.3) is 0 Å². The van der Waals surface area contributed by atoms with Gasteiger partial charge in [0.25, 0.3) is 0 Å². The van der Waals surface area contributed by atoms with Crippen molar-refractivity contribution in [3.05, 3.63) is 27.1 Å². The van der Waals surface area contributed by atoms with Crippen LogP contribution in [0.15, 0.2) is 17.2 Å². The van der Waals surface area contributed by atoms with Gasteiger partial charge in [0, 0.05) is 6.07 Å². The first-order valence-electron chi connectivity index (χ1n) is 2.71. The van der Waals surface area contributed by atoms with Gasteiger partial charge in [0.2, 0.25) is 0 Å². The van der Waals surface area contributed by atoms with Crippen LogP contribution in [-0.4, -0.2) is 11.1 Å². The van der Waals surface area contributed by atoms with Crippen LogP contribution in [0.5, 0.6) is 0 Å². The lowest BCUT2D eigenvalue weighted by atomic mass is 10.5. The van der Waals surface area contributed by atoms with Crippen molar-refractivity contribution in [3.63, 3.8) is 0 Å². The molecule has 0 bridgehead atoms. The van der Waals surface area contributed by atoms with Crippen molar-refractivity contribution in [1.82, 2.24) is 0 Å². The Kier molecular flexibility index (Phi) is 2.17. The SMILES string of the molecule is NN=Cc1ccc([N+](=O)[O-])s1. The fourth-order valence-corrected chi connectivity index (χ4v) is 1.28. The molecule has 1 aromatic heterocycles. The molecule has 5 nitrogen and oxygen atoms in total. The molecule has 6 heteroatoms. The smallest absolute Gasteiger partial charge is 0.323 e. The Balaban J connectivity index is 2.90. The van der Waals surface area contributed by atoms with Crippen molar-refractivity contribution in [1.29, 1.82) is 0 Å². The molecule has 0 radical (unpaired) electrons. The zero-order valence-electron chi connectivity index (χ0n) is 5.43. The van der Waals surface area contributed by atoms with E-state index in [1.165, 1.54) is 12.3 Å². The molecule has 0 aliphatic heterocycles. The Morgan fingerprint density at radius 3 is 2.91 bits per heavy atom. The highest BCUT2D eigenvalue weighted by Crippen LogP contribution is 2.21. The third-order valence-corrected chi connectivity index (χ3v) is 1.97. The van der Waals surface area contributed by atoms with E-state index in [1.807, 2.05) is 0 Å². The molecule has 0 aliphatic carbocycles. The third kappa shape index (κ3) is 1.74. The molecule has 0 aromatic carbocycles. The maximum Gasteiger partial charge on any atom is 0.324 e. The third-order valence-electron chi connectivity index (χ3n) is 0.994. The van der Waals surface area contributed by atoms with E-state index in [-0.39, 0.29) is 5.00 Å². The number of thiophene rings is 1. The first-order valence-corrected chi connectivity index (χ1v) is 3.53. The molecule has 11 heavy (non-hydrogen) atoms. The average Bonchev–Trinajstić information content (AvgIpc) is 2.37. The molecule has 0 spiro atoms. The van der Waals surface area contributed by atoms with Gasteiger partial charge in [0.1, 0.15) is 0 Å². The summed E-state index contributed by atoms with van der Waals surface area (Å²) in [5.74, 6) is 4.85.